The highest BCUT2D eigenvalue weighted by Gasteiger charge is 2.43. The third-order valence-corrected chi connectivity index (χ3v) is 3.31. The minimum Gasteiger partial charge on any atom is -0.480 e. The van der Waals surface area contributed by atoms with Gasteiger partial charge in [-0.25, -0.2) is 9.78 Å². The first kappa shape index (κ1) is 14.9. The zero-order chi connectivity index (χ0) is 15.6. The Balaban J connectivity index is 1.99. The van der Waals surface area contributed by atoms with Crippen LogP contribution in [0, 0.1) is 18.3 Å². The highest BCUT2D eigenvalue weighted by atomic mass is 16.5. The van der Waals surface area contributed by atoms with Crippen molar-refractivity contribution in [3.8, 4) is 6.07 Å². The fraction of sp³-hybridized carbons (Fsp3) is 0.429. The fourth-order valence-corrected chi connectivity index (χ4v) is 2.19. The summed E-state index contributed by atoms with van der Waals surface area (Å²) in [6.45, 7) is 3.69. The summed E-state index contributed by atoms with van der Waals surface area (Å²) in [5.41, 5.74) is 0.584. The van der Waals surface area contributed by atoms with Crippen LogP contribution in [0.4, 0.5) is 0 Å². The predicted octanol–water partition coefficient (Wildman–Crippen LogP) is 0.577. The molecule has 1 N–H and O–H groups in total. The number of carboxylic acid groups (broad SMARTS) is 1. The van der Waals surface area contributed by atoms with E-state index in [0.717, 1.165) is 0 Å². The number of rotatable bonds is 4. The summed E-state index contributed by atoms with van der Waals surface area (Å²) in [5.74, 6) is -1.29. The molecule has 21 heavy (non-hydrogen) atoms. The zero-order valence-electron chi connectivity index (χ0n) is 11.8. The third kappa shape index (κ3) is 3.17. The molecule has 1 aliphatic rings. The molecule has 0 spiro atoms. The van der Waals surface area contributed by atoms with Crippen LogP contribution >= 0.6 is 0 Å². The van der Waals surface area contributed by atoms with Crippen LogP contribution < -0.4 is 0 Å². The highest BCUT2D eigenvalue weighted by Crippen LogP contribution is 2.26. The molecule has 7 nitrogen and oxygen atoms in total. The molecule has 1 aromatic rings. The van der Waals surface area contributed by atoms with Crippen molar-refractivity contribution in [1.29, 1.82) is 5.26 Å². The largest absolute Gasteiger partial charge is 0.480 e. The van der Waals surface area contributed by atoms with Gasteiger partial charge < -0.3 is 14.7 Å². The Morgan fingerprint density at radius 1 is 1.52 bits per heavy atom. The average molecular weight is 289 g/mol. The maximum Gasteiger partial charge on any atom is 0.329 e. The van der Waals surface area contributed by atoms with Crippen molar-refractivity contribution in [3.05, 3.63) is 29.1 Å². The highest BCUT2D eigenvalue weighted by molar-refractivity contribution is 5.93. The molecule has 1 aliphatic heterocycles. The molecule has 110 valence electrons. The molecule has 7 heteroatoms. The van der Waals surface area contributed by atoms with Gasteiger partial charge in [-0.05, 0) is 26.0 Å². The number of aryl methyl sites for hydroxylation is 1. The van der Waals surface area contributed by atoms with Crippen molar-refractivity contribution in [1.82, 2.24) is 9.88 Å². The number of carbonyl (C=O) groups excluding carboxylic acids is 1. The molecule has 1 fully saturated rings. The molecule has 0 aliphatic carbocycles. The monoisotopic (exact) mass is 289 g/mol. The Labute approximate surface area is 121 Å². The Bertz CT molecular complexity index is 630. The lowest BCUT2D eigenvalue weighted by molar-refractivity contribution is -0.159. The lowest BCUT2D eigenvalue weighted by Gasteiger charge is -2.47. The third-order valence-electron chi connectivity index (χ3n) is 3.31. The van der Waals surface area contributed by atoms with Gasteiger partial charge in [-0.2, -0.15) is 5.26 Å². The lowest BCUT2D eigenvalue weighted by Crippen LogP contribution is -2.63. The fourth-order valence-electron chi connectivity index (χ4n) is 2.19. The number of nitrogens with zero attached hydrogens (tertiary/aromatic N) is 3. The van der Waals surface area contributed by atoms with Crippen LogP contribution in [0.25, 0.3) is 0 Å². The quantitative estimate of drug-likeness (QED) is 0.869. The molecule has 1 saturated heterocycles. The van der Waals surface area contributed by atoms with E-state index >= 15 is 0 Å². The van der Waals surface area contributed by atoms with Gasteiger partial charge in [-0.15, -0.1) is 0 Å². The van der Waals surface area contributed by atoms with Gasteiger partial charge in [0.2, 0.25) is 0 Å². The van der Waals surface area contributed by atoms with E-state index in [9.17, 15) is 9.59 Å². The number of likely N-dealkylation sites (tertiary alicyclic amines) is 1. The number of ether oxygens (including phenoxy) is 1. The number of hydrogen-bond acceptors (Lipinski definition) is 5. The van der Waals surface area contributed by atoms with Crippen LogP contribution in [0.5, 0.6) is 0 Å². The van der Waals surface area contributed by atoms with E-state index in [1.165, 1.54) is 11.0 Å². The second kappa shape index (κ2) is 5.50. The van der Waals surface area contributed by atoms with E-state index in [2.05, 4.69) is 4.98 Å². The van der Waals surface area contributed by atoms with Crippen molar-refractivity contribution >= 4 is 11.9 Å². The van der Waals surface area contributed by atoms with Crippen LogP contribution in [0.15, 0.2) is 12.1 Å². The van der Waals surface area contributed by atoms with E-state index in [4.69, 9.17) is 15.1 Å². The number of hydrogen-bond donors (Lipinski definition) is 1. The number of nitriles is 1. The molecular weight excluding hydrogens is 274 g/mol. The number of amides is 1. The van der Waals surface area contributed by atoms with Gasteiger partial charge >= 0.3 is 5.97 Å². The lowest BCUT2D eigenvalue weighted by atomic mass is 9.96. The van der Waals surface area contributed by atoms with E-state index in [-0.39, 0.29) is 18.2 Å². The number of carboxylic acids is 1. The standard InChI is InChI=1S/C14H15N3O4/c1-9-10(5-15)3-4-11(16-9)13(20)17-7-14(2,8-17)21-6-12(18)19/h3-4H,6-8H2,1-2H3,(H,18,19). The van der Waals surface area contributed by atoms with E-state index < -0.39 is 11.6 Å². The van der Waals surface area contributed by atoms with Crippen molar-refractivity contribution in [2.24, 2.45) is 0 Å². The van der Waals surface area contributed by atoms with Gasteiger partial charge in [-0.3, -0.25) is 4.79 Å². The SMILES string of the molecule is Cc1nc(C(=O)N2CC(C)(OCC(=O)O)C2)ccc1C#N. The summed E-state index contributed by atoms with van der Waals surface area (Å²) in [4.78, 5) is 28.3. The predicted molar refractivity (Wildman–Crippen MR) is 71.6 cm³/mol. The molecule has 2 heterocycles. The maximum absolute atomic E-state index is 12.2. The van der Waals surface area contributed by atoms with Gasteiger partial charge in [0.05, 0.1) is 24.3 Å². The van der Waals surface area contributed by atoms with Crippen molar-refractivity contribution in [2.75, 3.05) is 19.7 Å². The molecule has 0 bridgehead atoms. The van der Waals surface area contributed by atoms with Gasteiger partial charge in [0.1, 0.15) is 24.0 Å². The second-order valence-electron chi connectivity index (χ2n) is 5.23. The molecule has 0 saturated carbocycles. The topological polar surface area (TPSA) is 104 Å². The first-order valence-electron chi connectivity index (χ1n) is 6.37. The first-order chi connectivity index (χ1) is 9.84. The smallest absolute Gasteiger partial charge is 0.329 e. The number of carbonyl (C=O) groups is 2. The van der Waals surface area contributed by atoms with Gasteiger partial charge in [0.25, 0.3) is 5.91 Å². The number of aliphatic carboxylic acids is 1. The van der Waals surface area contributed by atoms with Crippen LogP contribution in [0.1, 0.15) is 28.7 Å². The summed E-state index contributed by atoms with van der Waals surface area (Å²) in [6, 6.07) is 5.08. The van der Waals surface area contributed by atoms with E-state index in [1.54, 1.807) is 19.9 Å². The summed E-state index contributed by atoms with van der Waals surface area (Å²) in [6.07, 6.45) is 0. The summed E-state index contributed by atoms with van der Waals surface area (Å²) >= 11 is 0. The summed E-state index contributed by atoms with van der Waals surface area (Å²) in [5, 5.41) is 17.4. The zero-order valence-corrected chi connectivity index (χ0v) is 11.8. The molecule has 0 radical (unpaired) electrons. The number of aromatic nitrogens is 1. The molecule has 1 amide bonds. The Morgan fingerprint density at radius 3 is 2.71 bits per heavy atom. The van der Waals surface area contributed by atoms with Crippen LogP contribution in [-0.4, -0.2) is 52.2 Å². The molecular formula is C14H15N3O4. The minimum atomic E-state index is -1.04. The van der Waals surface area contributed by atoms with Crippen LogP contribution in [-0.2, 0) is 9.53 Å². The molecule has 0 atom stereocenters. The Kier molecular flexibility index (Phi) is 3.91. The van der Waals surface area contributed by atoms with E-state index in [0.29, 0.717) is 24.3 Å². The summed E-state index contributed by atoms with van der Waals surface area (Å²) in [7, 11) is 0. The molecule has 2 rings (SSSR count). The normalized spacial score (nSPS) is 16.0. The molecule has 0 aromatic carbocycles. The van der Waals surface area contributed by atoms with Crippen molar-refractivity contribution < 1.29 is 19.4 Å². The minimum absolute atomic E-state index is 0.251. The van der Waals surface area contributed by atoms with Gasteiger partial charge in [0.15, 0.2) is 0 Å². The van der Waals surface area contributed by atoms with Crippen LogP contribution in [0.2, 0.25) is 0 Å². The first-order valence-corrected chi connectivity index (χ1v) is 6.37. The Hall–Kier alpha value is -2.46. The van der Waals surface area contributed by atoms with Crippen molar-refractivity contribution in [2.45, 2.75) is 19.4 Å². The second-order valence-corrected chi connectivity index (χ2v) is 5.23. The van der Waals surface area contributed by atoms with E-state index in [1.807, 2.05) is 6.07 Å². The maximum atomic E-state index is 12.2. The van der Waals surface area contributed by atoms with Gasteiger partial charge in [-0.1, -0.05) is 0 Å². The average Bonchev–Trinajstić information content (AvgIpc) is 2.41. The van der Waals surface area contributed by atoms with Crippen molar-refractivity contribution in [3.63, 3.8) is 0 Å². The molecule has 0 unspecified atom stereocenters. The summed E-state index contributed by atoms with van der Waals surface area (Å²) < 4.78 is 5.25. The van der Waals surface area contributed by atoms with Crippen LogP contribution in [0.3, 0.4) is 0 Å². The number of pyridine rings is 1. The van der Waals surface area contributed by atoms with Gasteiger partial charge in [0, 0.05) is 0 Å². The molecule has 1 aromatic heterocycles. The Morgan fingerprint density at radius 2 is 2.19 bits per heavy atom.